The highest BCUT2D eigenvalue weighted by Crippen LogP contribution is 2.05. The van der Waals surface area contributed by atoms with Gasteiger partial charge in [0, 0.05) is 18.1 Å². The quantitative estimate of drug-likeness (QED) is 0.823. The fourth-order valence-corrected chi connectivity index (χ4v) is 1.56. The molecule has 2 aromatic rings. The Labute approximate surface area is 89.0 Å². The van der Waals surface area contributed by atoms with E-state index in [0.717, 1.165) is 23.5 Å². The summed E-state index contributed by atoms with van der Waals surface area (Å²) < 4.78 is 2.02. The van der Waals surface area contributed by atoms with Crippen molar-refractivity contribution in [2.45, 2.75) is 20.1 Å². The number of rotatable bonds is 3. The minimum Gasteiger partial charge on any atom is -0.392 e. The lowest BCUT2D eigenvalue weighted by Gasteiger charge is -2.02. The molecular formula is C12H14N2O. The van der Waals surface area contributed by atoms with E-state index in [9.17, 15) is 0 Å². The molecule has 0 spiro atoms. The lowest BCUT2D eigenvalue weighted by Crippen LogP contribution is -1.99. The standard InChI is InChI=1S/C12H14N2O/c1-10-3-2-4-12(13-10)8-14-6-5-11(7-14)9-15/h2-7,15H,8-9H2,1H3. The number of hydrogen-bond donors (Lipinski definition) is 1. The Hall–Kier alpha value is -1.61. The molecule has 0 aromatic carbocycles. The molecule has 2 aromatic heterocycles. The van der Waals surface area contributed by atoms with Gasteiger partial charge >= 0.3 is 0 Å². The normalized spacial score (nSPS) is 10.5. The third-order valence-electron chi connectivity index (χ3n) is 2.28. The fourth-order valence-electron chi connectivity index (χ4n) is 1.56. The minimum atomic E-state index is 0.0915. The average Bonchev–Trinajstić information content (AvgIpc) is 2.65. The highest BCUT2D eigenvalue weighted by molar-refractivity contribution is 5.13. The van der Waals surface area contributed by atoms with Crippen LogP contribution in [-0.2, 0) is 13.2 Å². The van der Waals surface area contributed by atoms with Crippen LogP contribution in [0.1, 0.15) is 17.0 Å². The first-order chi connectivity index (χ1) is 7.28. The van der Waals surface area contributed by atoms with Gasteiger partial charge in [0.1, 0.15) is 0 Å². The Morgan fingerprint density at radius 1 is 1.33 bits per heavy atom. The van der Waals surface area contributed by atoms with Crippen LogP contribution >= 0.6 is 0 Å². The van der Waals surface area contributed by atoms with Gasteiger partial charge in [-0.2, -0.15) is 0 Å². The molecule has 0 aliphatic heterocycles. The predicted molar refractivity (Wildman–Crippen MR) is 58.4 cm³/mol. The number of nitrogens with zero attached hydrogens (tertiary/aromatic N) is 2. The second-order valence-electron chi connectivity index (χ2n) is 3.62. The number of pyridine rings is 1. The lowest BCUT2D eigenvalue weighted by molar-refractivity contribution is 0.282. The summed E-state index contributed by atoms with van der Waals surface area (Å²) >= 11 is 0. The largest absolute Gasteiger partial charge is 0.392 e. The van der Waals surface area contributed by atoms with Crippen molar-refractivity contribution < 1.29 is 5.11 Å². The van der Waals surface area contributed by atoms with E-state index < -0.39 is 0 Å². The Morgan fingerprint density at radius 3 is 2.87 bits per heavy atom. The van der Waals surface area contributed by atoms with Gasteiger partial charge in [0.05, 0.1) is 18.8 Å². The molecule has 78 valence electrons. The van der Waals surface area contributed by atoms with Gasteiger partial charge in [-0.1, -0.05) is 6.07 Å². The summed E-state index contributed by atoms with van der Waals surface area (Å²) in [5, 5.41) is 8.93. The van der Waals surface area contributed by atoms with E-state index in [0.29, 0.717) is 0 Å². The highest BCUT2D eigenvalue weighted by Gasteiger charge is 1.98. The van der Waals surface area contributed by atoms with E-state index in [2.05, 4.69) is 4.98 Å². The Morgan fingerprint density at radius 2 is 2.20 bits per heavy atom. The number of hydrogen-bond acceptors (Lipinski definition) is 2. The number of aromatic nitrogens is 2. The Bertz CT molecular complexity index is 448. The van der Waals surface area contributed by atoms with Crippen molar-refractivity contribution in [2.75, 3.05) is 0 Å². The molecule has 0 bridgehead atoms. The minimum absolute atomic E-state index is 0.0915. The van der Waals surface area contributed by atoms with Gasteiger partial charge in [-0.05, 0) is 30.7 Å². The molecule has 0 unspecified atom stereocenters. The third kappa shape index (κ3) is 2.44. The Kier molecular flexibility index (Phi) is 2.83. The molecular weight excluding hydrogens is 188 g/mol. The van der Waals surface area contributed by atoms with Crippen LogP contribution in [0.5, 0.6) is 0 Å². The smallest absolute Gasteiger partial charge is 0.0696 e. The molecule has 0 fully saturated rings. The molecule has 0 amide bonds. The van der Waals surface area contributed by atoms with Crippen molar-refractivity contribution in [1.29, 1.82) is 0 Å². The molecule has 0 saturated heterocycles. The van der Waals surface area contributed by atoms with Gasteiger partial charge < -0.3 is 9.67 Å². The van der Waals surface area contributed by atoms with Crippen molar-refractivity contribution in [3.63, 3.8) is 0 Å². The van der Waals surface area contributed by atoms with Crippen LogP contribution < -0.4 is 0 Å². The van der Waals surface area contributed by atoms with Crippen LogP contribution in [0.15, 0.2) is 36.7 Å². The summed E-state index contributed by atoms with van der Waals surface area (Å²) in [5.74, 6) is 0. The van der Waals surface area contributed by atoms with Gasteiger partial charge in [-0.3, -0.25) is 4.98 Å². The maximum atomic E-state index is 8.93. The summed E-state index contributed by atoms with van der Waals surface area (Å²) in [6.45, 7) is 2.83. The van der Waals surface area contributed by atoms with Gasteiger partial charge in [-0.25, -0.2) is 0 Å². The maximum Gasteiger partial charge on any atom is 0.0696 e. The molecule has 0 atom stereocenters. The molecule has 15 heavy (non-hydrogen) atoms. The first-order valence-corrected chi connectivity index (χ1v) is 4.96. The van der Waals surface area contributed by atoms with E-state index in [1.807, 2.05) is 48.1 Å². The molecule has 2 rings (SSSR count). The zero-order valence-corrected chi connectivity index (χ0v) is 8.72. The van der Waals surface area contributed by atoms with Crippen LogP contribution in [0, 0.1) is 6.92 Å². The molecule has 1 N–H and O–H groups in total. The van der Waals surface area contributed by atoms with Gasteiger partial charge in [0.25, 0.3) is 0 Å². The SMILES string of the molecule is Cc1cccc(Cn2ccc(CO)c2)n1. The second kappa shape index (κ2) is 4.28. The molecule has 0 radical (unpaired) electrons. The fraction of sp³-hybridized carbons (Fsp3) is 0.250. The van der Waals surface area contributed by atoms with E-state index in [4.69, 9.17) is 5.11 Å². The van der Waals surface area contributed by atoms with Gasteiger partial charge in [-0.15, -0.1) is 0 Å². The van der Waals surface area contributed by atoms with Crippen LogP contribution in [-0.4, -0.2) is 14.7 Å². The summed E-state index contributed by atoms with van der Waals surface area (Å²) in [4.78, 5) is 4.42. The summed E-state index contributed by atoms with van der Waals surface area (Å²) in [6.07, 6.45) is 3.89. The molecule has 0 aliphatic carbocycles. The van der Waals surface area contributed by atoms with Gasteiger partial charge in [0.15, 0.2) is 0 Å². The van der Waals surface area contributed by atoms with Crippen molar-refractivity contribution in [2.24, 2.45) is 0 Å². The molecule has 0 aliphatic rings. The first kappa shape index (κ1) is 9.93. The van der Waals surface area contributed by atoms with E-state index in [-0.39, 0.29) is 6.61 Å². The zero-order valence-electron chi connectivity index (χ0n) is 8.72. The third-order valence-corrected chi connectivity index (χ3v) is 2.28. The summed E-state index contributed by atoms with van der Waals surface area (Å²) in [5.41, 5.74) is 3.00. The summed E-state index contributed by atoms with van der Waals surface area (Å²) in [7, 11) is 0. The van der Waals surface area contributed by atoms with E-state index in [1.165, 1.54) is 0 Å². The van der Waals surface area contributed by atoms with Crippen molar-refractivity contribution in [3.05, 3.63) is 53.6 Å². The van der Waals surface area contributed by atoms with E-state index in [1.54, 1.807) is 0 Å². The number of aliphatic hydroxyl groups excluding tert-OH is 1. The van der Waals surface area contributed by atoms with Crippen molar-refractivity contribution in [3.8, 4) is 0 Å². The molecule has 3 heteroatoms. The Balaban J connectivity index is 2.14. The maximum absolute atomic E-state index is 8.93. The lowest BCUT2D eigenvalue weighted by atomic mass is 10.3. The summed E-state index contributed by atoms with van der Waals surface area (Å²) in [6, 6.07) is 7.91. The molecule has 3 nitrogen and oxygen atoms in total. The zero-order chi connectivity index (χ0) is 10.7. The second-order valence-corrected chi connectivity index (χ2v) is 3.62. The van der Waals surface area contributed by atoms with Crippen molar-refractivity contribution in [1.82, 2.24) is 9.55 Å². The van der Waals surface area contributed by atoms with E-state index >= 15 is 0 Å². The van der Waals surface area contributed by atoms with Crippen LogP contribution in [0.2, 0.25) is 0 Å². The highest BCUT2D eigenvalue weighted by atomic mass is 16.3. The molecule has 2 heterocycles. The topological polar surface area (TPSA) is 38.0 Å². The van der Waals surface area contributed by atoms with Crippen LogP contribution in [0.25, 0.3) is 0 Å². The number of aliphatic hydroxyl groups is 1. The number of aryl methyl sites for hydroxylation is 1. The van der Waals surface area contributed by atoms with Crippen LogP contribution in [0.3, 0.4) is 0 Å². The molecule has 0 saturated carbocycles. The average molecular weight is 202 g/mol. The van der Waals surface area contributed by atoms with Gasteiger partial charge in [0.2, 0.25) is 0 Å². The van der Waals surface area contributed by atoms with Crippen LogP contribution in [0.4, 0.5) is 0 Å². The first-order valence-electron chi connectivity index (χ1n) is 4.96. The monoisotopic (exact) mass is 202 g/mol. The van der Waals surface area contributed by atoms with Crippen molar-refractivity contribution >= 4 is 0 Å². The predicted octanol–water partition coefficient (Wildman–Crippen LogP) is 1.73.